The highest BCUT2D eigenvalue weighted by Crippen LogP contribution is 2.32. The molecule has 162 valence electrons. The van der Waals surface area contributed by atoms with Crippen LogP contribution in [0.25, 0.3) is 10.9 Å². The van der Waals surface area contributed by atoms with Crippen LogP contribution in [-0.4, -0.2) is 68.5 Å². The van der Waals surface area contributed by atoms with Gasteiger partial charge in [0, 0.05) is 47.8 Å². The Morgan fingerprint density at radius 3 is 2.29 bits per heavy atom. The summed E-state index contributed by atoms with van der Waals surface area (Å²) in [7, 11) is 0. The highest BCUT2D eigenvalue weighted by molar-refractivity contribution is 7.11. The summed E-state index contributed by atoms with van der Waals surface area (Å²) in [5.41, 5.74) is 2.66. The molecule has 0 unspecified atom stereocenters. The van der Waals surface area contributed by atoms with Crippen LogP contribution < -0.4 is 15.1 Å². The van der Waals surface area contributed by atoms with Gasteiger partial charge >= 0.3 is 0 Å². The van der Waals surface area contributed by atoms with Crippen LogP contribution in [0.5, 0.6) is 0 Å². The number of nitrogens with one attached hydrogen (secondary N) is 1. The molecule has 0 spiro atoms. The van der Waals surface area contributed by atoms with Crippen LogP contribution in [0.15, 0.2) is 29.6 Å². The largest absolute Gasteiger partial charge is 0.378 e. The molecule has 0 aliphatic carbocycles. The van der Waals surface area contributed by atoms with Gasteiger partial charge in [-0.1, -0.05) is 0 Å². The number of hydrogen-bond donors (Lipinski definition) is 1. The first-order chi connectivity index (χ1) is 15.2. The maximum atomic E-state index is 13.0. The molecule has 0 bridgehead atoms. The van der Waals surface area contributed by atoms with Gasteiger partial charge in [-0.3, -0.25) is 4.79 Å². The molecule has 1 amide bonds. The van der Waals surface area contributed by atoms with Crippen molar-refractivity contribution in [2.24, 2.45) is 0 Å². The first-order valence-electron chi connectivity index (χ1n) is 10.5. The van der Waals surface area contributed by atoms with E-state index < -0.39 is 0 Å². The number of nitrogens with zero attached hydrogens (tertiary/aromatic N) is 4. The average Bonchev–Trinajstić information content (AvgIpc) is 3.21. The summed E-state index contributed by atoms with van der Waals surface area (Å²) in [4.78, 5) is 27.8. The van der Waals surface area contributed by atoms with Crippen LogP contribution in [0.4, 0.5) is 17.2 Å². The quantitative estimate of drug-likeness (QED) is 0.670. The maximum absolute atomic E-state index is 13.0. The minimum Gasteiger partial charge on any atom is -0.378 e. The molecule has 2 fully saturated rings. The summed E-state index contributed by atoms with van der Waals surface area (Å²) < 4.78 is 10.9. The molecular weight excluding hydrogens is 414 g/mol. The summed E-state index contributed by atoms with van der Waals surface area (Å²) in [5, 5.41) is 5.96. The molecule has 8 nitrogen and oxygen atoms in total. The zero-order valence-corrected chi connectivity index (χ0v) is 18.3. The number of carbonyl (C=O) groups is 1. The third-order valence-corrected chi connectivity index (χ3v) is 6.53. The van der Waals surface area contributed by atoms with Crippen molar-refractivity contribution < 1.29 is 14.3 Å². The molecule has 9 heteroatoms. The average molecular weight is 440 g/mol. The van der Waals surface area contributed by atoms with Crippen molar-refractivity contribution in [1.82, 2.24) is 9.97 Å². The smallest absolute Gasteiger partial charge is 0.293 e. The third kappa shape index (κ3) is 4.21. The first kappa shape index (κ1) is 20.2. The number of thiophene rings is 1. The Balaban J connectivity index is 1.38. The molecule has 5 rings (SSSR count). The minimum atomic E-state index is -0.306. The van der Waals surface area contributed by atoms with Crippen molar-refractivity contribution in [2.45, 2.75) is 6.92 Å². The standard InChI is InChI=1S/C22H25N5O3S/c1-15-19-18(14-31-15)24-20(25-21(19)27-8-12-30-13-9-27)22(28)23-16-2-4-17(5-3-16)26-6-10-29-11-7-26/h2-5,14H,6-13H2,1H3,(H,23,28). The maximum Gasteiger partial charge on any atom is 0.293 e. The predicted octanol–water partition coefficient (Wildman–Crippen LogP) is 2.93. The fourth-order valence-electron chi connectivity index (χ4n) is 3.96. The fraction of sp³-hybridized carbons (Fsp3) is 0.409. The zero-order chi connectivity index (χ0) is 21.2. The van der Waals surface area contributed by atoms with Crippen molar-refractivity contribution in [3.05, 3.63) is 40.3 Å². The van der Waals surface area contributed by atoms with E-state index in [9.17, 15) is 4.79 Å². The zero-order valence-electron chi connectivity index (χ0n) is 17.5. The van der Waals surface area contributed by atoms with E-state index in [-0.39, 0.29) is 11.7 Å². The molecule has 2 aromatic heterocycles. The molecule has 0 atom stereocenters. The number of rotatable bonds is 4. The van der Waals surface area contributed by atoms with Crippen LogP contribution in [0.2, 0.25) is 0 Å². The van der Waals surface area contributed by atoms with Crippen LogP contribution >= 0.6 is 11.3 Å². The van der Waals surface area contributed by atoms with Crippen molar-refractivity contribution in [1.29, 1.82) is 0 Å². The lowest BCUT2D eigenvalue weighted by atomic mass is 10.2. The lowest BCUT2D eigenvalue weighted by Gasteiger charge is -2.29. The summed E-state index contributed by atoms with van der Waals surface area (Å²) in [6.45, 7) is 8.13. The summed E-state index contributed by atoms with van der Waals surface area (Å²) in [6.07, 6.45) is 0. The van der Waals surface area contributed by atoms with Crippen molar-refractivity contribution in [3.63, 3.8) is 0 Å². The number of carbonyl (C=O) groups excluding carboxylic acids is 1. The second-order valence-electron chi connectivity index (χ2n) is 7.62. The molecule has 2 aliphatic rings. The van der Waals surface area contributed by atoms with Crippen LogP contribution in [-0.2, 0) is 9.47 Å². The SMILES string of the molecule is Cc1scc2nc(C(=O)Nc3ccc(N4CCOCC4)cc3)nc(N3CCOCC3)c12. The molecule has 2 saturated heterocycles. The lowest BCUT2D eigenvalue weighted by molar-refractivity contribution is 0.101. The Labute approximate surface area is 184 Å². The van der Waals surface area contributed by atoms with Crippen molar-refractivity contribution in [3.8, 4) is 0 Å². The Morgan fingerprint density at radius 2 is 1.61 bits per heavy atom. The van der Waals surface area contributed by atoms with Crippen LogP contribution in [0.3, 0.4) is 0 Å². The number of aryl methyl sites for hydroxylation is 1. The number of morpholine rings is 2. The molecule has 31 heavy (non-hydrogen) atoms. The fourth-order valence-corrected chi connectivity index (χ4v) is 4.73. The van der Waals surface area contributed by atoms with Gasteiger partial charge in [0.05, 0.1) is 37.3 Å². The molecule has 4 heterocycles. The van der Waals surface area contributed by atoms with Gasteiger partial charge in [-0.2, -0.15) is 0 Å². The van der Waals surface area contributed by atoms with E-state index in [1.54, 1.807) is 11.3 Å². The molecule has 3 aromatic rings. The van der Waals surface area contributed by atoms with Crippen molar-refractivity contribution in [2.75, 3.05) is 67.7 Å². The van der Waals surface area contributed by atoms with E-state index in [2.05, 4.69) is 32.0 Å². The Hall–Kier alpha value is -2.75. The van der Waals surface area contributed by atoms with E-state index in [0.717, 1.165) is 72.4 Å². The van der Waals surface area contributed by atoms with E-state index >= 15 is 0 Å². The molecular formula is C22H25N5O3S. The Kier molecular flexibility index (Phi) is 5.71. The molecule has 1 aromatic carbocycles. The number of benzene rings is 1. The van der Waals surface area contributed by atoms with Gasteiger partial charge in [-0.25, -0.2) is 9.97 Å². The van der Waals surface area contributed by atoms with Crippen LogP contribution in [0.1, 0.15) is 15.5 Å². The highest BCUT2D eigenvalue weighted by Gasteiger charge is 2.22. The number of amides is 1. The van der Waals surface area contributed by atoms with E-state index in [4.69, 9.17) is 9.47 Å². The number of anilines is 3. The summed E-state index contributed by atoms with van der Waals surface area (Å²) in [6, 6.07) is 7.87. The monoisotopic (exact) mass is 439 g/mol. The Morgan fingerprint density at radius 1 is 0.968 bits per heavy atom. The Bertz CT molecular complexity index is 1070. The van der Waals surface area contributed by atoms with E-state index in [1.165, 1.54) is 0 Å². The van der Waals surface area contributed by atoms with Gasteiger partial charge in [0.25, 0.3) is 5.91 Å². The normalized spacial score (nSPS) is 17.2. The number of hydrogen-bond acceptors (Lipinski definition) is 8. The molecule has 1 N–H and O–H groups in total. The number of ether oxygens (including phenoxy) is 2. The van der Waals surface area contributed by atoms with Gasteiger partial charge in [0.15, 0.2) is 0 Å². The van der Waals surface area contributed by atoms with Crippen molar-refractivity contribution >= 4 is 45.3 Å². The number of aromatic nitrogens is 2. The van der Waals surface area contributed by atoms with E-state index in [0.29, 0.717) is 13.2 Å². The van der Waals surface area contributed by atoms with Gasteiger partial charge in [0.1, 0.15) is 5.82 Å². The molecule has 0 saturated carbocycles. The highest BCUT2D eigenvalue weighted by atomic mass is 32.1. The summed E-state index contributed by atoms with van der Waals surface area (Å²) >= 11 is 1.63. The topological polar surface area (TPSA) is 79.8 Å². The molecule has 2 aliphatic heterocycles. The third-order valence-electron chi connectivity index (χ3n) is 5.63. The van der Waals surface area contributed by atoms with Gasteiger partial charge in [0.2, 0.25) is 5.82 Å². The predicted molar refractivity (Wildman–Crippen MR) is 123 cm³/mol. The van der Waals surface area contributed by atoms with E-state index in [1.807, 2.05) is 29.6 Å². The second kappa shape index (κ2) is 8.78. The minimum absolute atomic E-state index is 0.184. The molecule has 0 radical (unpaired) electrons. The first-order valence-corrected chi connectivity index (χ1v) is 11.4. The number of fused-ring (bicyclic) bond motifs is 1. The van der Waals surface area contributed by atoms with Gasteiger partial charge < -0.3 is 24.6 Å². The van der Waals surface area contributed by atoms with Gasteiger partial charge in [-0.05, 0) is 31.2 Å². The van der Waals surface area contributed by atoms with Gasteiger partial charge in [-0.15, -0.1) is 11.3 Å². The second-order valence-corrected chi connectivity index (χ2v) is 8.71. The lowest BCUT2D eigenvalue weighted by Crippen LogP contribution is -2.37. The van der Waals surface area contributed by atoms with Crippen LogP contribution in [0, 0.1) is 6.92 Å². The summed E-state index contributed by atoms with van der Waals surface area (Å²) in [5.74, 6) is 0.697.